The van der Waals surface area contributed by atoms with E-state index in [9.17, 15) is 18.0 Å². The molecule has 8 nitrogen and oxygen atoms in total. The molecule has 0 aliphatic carbocycles. The molecule has 1 aromatic carbocycles. The van der Waals surface area contributed by atoms with Gasteiger partial charge in [-0.15, -0.1) is 0 Å². The van der Waals surface area contributed by atoms with Crippen LogP contribution < -0.4 is 0 Å². The van der Waals surface area contributed by atoms with Crippen molar-refractivity contribution in [3.8, 4) is 0 Å². The van der Waals surface area contributed by atoms with Crippen LogP contribution in [0.2, 0.25) is 0 Å². The monoisotopic (exact) mass is 487 g/mol. The van der Waals surface area contributed by atoms with Gasteiger partial charge in [-0.1, -0.05) is 0 Å². The molecule has 2 aliphatic rings. The van der Waals surface area contributed by atoms with Gasteiger partial charge >= 0.3 is 0 Å². The van der Waals surface area contributed by atoms with Crippen LogP contribution in [0.4, 0.5) is 0 Å². The molecule has 2 saturated heterocycles. The summed E-state index contributed by atoms with van der Waals surface area (Å²) in [4.78, 5) is 29.7. The lowest BCUT2D eigenvalue weighted by Gasteiger charge is -2.37. The molecule has 2 fully saturated rings. The van der Waals surface area contributed by atoms with Crippen LogP contribution >= 0.6 is 0 Å². The number of furan rings is 1. The molecule has 34 heavy (non-hydrogen) atoms. The van der Waals surface area contributed by atoms with E-state index < -0.39 is 16.1 Å². The lowest BCUT2D eigenvalue weighted by Crippen LogP contribution is -2.55. The first kappa shape index (κ1) is 24.5. The van der Waals surface area contributed by atoms with E-state index in [1.54, 1.807) is 21.9 Å². The van der Waals surface area contributed by atoms with E-state index >= 15 is 0 Å². The zero-order chi connectivity index (χ0) is 24.8. The molecular weight excluding hydrogens is 454 g/mol. The number of amides is 2. The first-order valence-corrected chi connectivity index (χ1v) is 13.2. The molecule has 3 heterocycles. The molecule has 2 aliphatic heterocycles. The average Bonchev–Trinajstić information content (AvgIpc) is 3.53. The second-order valence-corrected chi connectivity index (χ2v) is 11.2. The van der Waals surface area contributed by atoms with Gasteiger partial charge in [0.25, 0.3) is 5.91 Å². The number of likely N-dealkylation sites (tertiary alicyclic amines) is 1. The van der Waals surface area contributed by atoms with Crippen LogP contribution in [0.3, 0.4) is 0 Å². The van der Waals surface area contributed by atoms with Crippen LogP contribution in [0.15, 0.2) is 27.7 Å². The molecule has 9 heteroatoms. The third-order valence-corrected chi connectivity index (χ3v) is 9.78. The molecule has 4 rings (SSSR count). The summed E-state index contributed by atoms with van der Waals surface area (Å²) in [6.45, 7) is 11.3. The molecule has 0 spiro atoms. The largest absolute Gasteiger partial charge is 0.459 e. The van der Waals surface area contributed by atoms with Crippen molar-refractivity contribution in [1.82, 2.24) is 14.1 Å². The highest BCUT2D eigenvalue weighted by atomic mass is 32.2. The lowest BCUT2D eigenvalue weighted by atomic mass is 9.95. The van der Waals surface area contributed by atoms with Crippen molar-refractivity contribution in [1.29, 1.82) is 0 Å². The van der Waals surface area contributed by atoms with Crippen LogP contribution in [0.5, 0.6) is 0 Å². The standard InChI is InChI=1S/C25H33N3O5S/c1-16-17(2)19(4)23(20(5)18(16)3)34(31,32)27-13-11-26(12-14-27)24(29)21-8-6-10-28(21)25(30)22-9-7-15-33-22/h7,9,15,21H,6,8,10-14H2,1-5H3/t21-/m0/s1. The average molecular weight is 488 g/mol. The maximum absolute atomic E-state index is 13.6. The van der Waals surface area contributed by atoms with Gasteiger partial charge in [-0.05, 0) is 87.4 Å². The minimum absolute atomic E-state index is 0.121. The van der Waals surface area contributed by atoms with Gasteiger partial charge in [-0.3, -0.25) is 9.59 Å². The van der Waals surface area contributed by atoms with Crippen LogP contribution in [0.1, 0.15) is 51.2 Å². The Morgan fingerprint density at radius 2 is 1.47 bits per heavy atom. The zero-order valence-electron chi connectivity index (χ0n) is 20.6. The highest BCUT2D eigenvalue weighted by Gasteiger charge is 2.40. The number of carbonyl (C=O) groups is 2. The Hall–Kier alpha value is -2.65. The Bertz CT molecular complexity index is 1180. The molecule has 2 aromatic rings. The second-order valence-electron chi connectivity index (χ2n) is 9.32. The number of benzene rings is 1. The molecule has 2 amide bonds. The molecular formula is C25H33N3O5S. The van der Waals surface area contributed by atoms with Gasteiger partial charge in [0, 0.05) is 32.7 Å². The van der Waals surface area contributed by atoms with Gasteiger partial charge in [-0.2, -0.15) is 4.31 Å². The highest BCUT2D eigenvalue weighted by Crippen LogP contribution is 2.32. The Kier molecular flexibility index (Phi) is 6.61. The van der Waals surface area contributed by atoms with E-state index in [-0.39, 0.29) is 30.7 Å². The minimum atomic E-state index is -3.69. The summed E-state index contributed by atoms with van der Waals surface area (Å²) in [6, 6.07) is 2.72. The van der Waals surface area contributed by atoms with E-state index in [1.165, 1.54) is 10.6 Å². The topological polar surface area (TPSA) is 91.1 Å². The number of hydrogen-bond acceptors (Lipinski definition) is 5. The zero-order valence-corrected chi connectivity index (χ0v) is 21.4. The van der Waals surface area contributed by atoms with Crippen LogP contribution in [-0.4, -0.2) is 73.1 Å². The SMILES string of the molecule is Cc1c(C)c(C)c(S(=O)(=O)N2CCN(C(=O)[C@@H]3CCCN3C(=O)c3ccco3)CC2)c(C)c1C. The highest BCUT2D eigenvalue weighted by molar-refractivity contribution is 7.89. The number of hydrogen-bond donors (Lipinski definition) is 0. The second kappa shape index (κ2) is 9.19. The summed E-state index contributed by atoms with van der Waals surface area (Å²) in [5.41, 5.74) is 4.69. The third-order valence-electron chi connectivity index (χ3n) is 7.61. The summed E-state index contributed by atoms with van der Waals surface area (Å²) in [6.07, 6.45) is 2.80. The number of rotatable bonds is 4. The Labute approximate surface area is 201 Å². The van der Waals surface area contributed by atoms with Crippen molar-refractivity contribution in [3.63, 3.8) is 0 Å². The van der Waals surface area contributed by atoms with Gasteiger partial charge in [0.1, 0.15) is 6.04 Å². The number of sulfonamides is 1. The Balaban J connectivity index is 1.48. The van der Waals surface area contributed by atoms with Crippen LogP contribution in [0.25, 0.3) is 0 Å². The van der Waals surface area contributed by atoms with Crippen LogP contribution in [0, 0.1) is 34.6 Å². The van der Waals surface area contributed by atoms with Gasteiger partial charge in [-0.25, -0.2) is 8.42 Å². The fourth-order valence-electron chi connectivity index (χ4n) is 5.15. The van der Waals surface area contributed by atoms with E-state index in [4.69, 9.17) is 4.42 Å². The summed E-state index contributed by atoms with van der Waals surface area (Å²) in [7, 11) is -3.69. The number of nitrogens with zero attached hydrogens (tertiary/aromatic N) is 3. The molecule has 1 aromatic heterocycles. The summed E-state index contributed by atoms with van der Waals surface area (Å²) < 4.78 is 33.9. The molecule has 184 valence electrons. The Morgan fingerprint density at radius 3 is 2.03 bits per heavy atom. The van der Waals surface area contributed by atoms with E-state index in [0.29, 0.717) is 31.0 Å². The van der Waals surface area contributed by atoms with Gasteiger partial charge in [0.05, 0.1) is 11.2 Å². The van der Waals surface area contributed by atoms with Crippen molar-refractivity contribution in [2.24, 2.45) is 0 Å². The number of piperazine rings is 1. The summed E-state index contributed by atoms with van der Waals surface area (Å²) in [5, 5.41) is 0. The van der Waals surface area contributed by atoms with Crippen molar-refractivity contribution < 1.29 is 22.4 Å². The van der Waals surface area contributed by atoms with Gasteiger partial charge < -0.3 is 14.2 Å². The maximum Gasteiger partial charge on any atom is 0.290 e. The fourth-order valence-corrected chi connectivity index (χ4v) is 7.13. The minimum Gasteiger partial charge on any atom is -0.459 e. The third kappa shape index (κ3) is 4.05. The van der Waals surface area contributed by atoms with Crippen molar-refractivity contribution in [2.75, 3.05) is 32.7 Å². The summed E-state index contributed by atoms with van der Waals surface area (Å²) >= 11 is 0. The molecule has 1 atom stereocenters. The van der Waals surface area contributed by atoms with Crippen molar-refractivity contribution in [2.45, 2.75) is 58.4 Å². The lowest BCUT2D eigenvalue weighted by molar-refractivity contribution is -0.136. The predicted octanol–water partition coefficient (Wildman–Crippen LogP) is 2.96. The molecule has 0 saturated carbocycles. The smallest absolute Gasteiger partial charge is 0.290 e. The molecule has 0 bridgehead atoms. The quantitative estimate of drug-likeness (QED) is 0.661. The van der Waals surface area contributed by atoms with Crippen molar-refractivity contribution in [3.05, 3.63) is 52.0 Å². The Morgan fingerprint density at radius 1 is 0.882 bits per heavy atom. The molecule has 0 unspecified atom stereocenters. The fraction of sp³-hybridized carbons (Fsp3) is 0.520. The van der Waals surface area contributed by atoms with E-state index in [2.05, 4.69) is 0 Å². The molecule has 0 N–H and O–H groups in total. The number of carbonyl (C=O) groups excluding carboxylic acids is 2. The normalized spacial score (nSPS) is 19.6. The predicted molar refractivity (Wildman–Crippen MR) is 128 cm³/mol. The van der Waals surface area contributed by atoms with Crippen molar-refractivity contribution >= 4 is 21.8 Å². The first-order valence-electron chi connectivity index (χ1n) is 11.8. The maximum atomic E-state index is 13.6. The molecule has 0 radical (unpaired) electrons. The van der Waals surface area contributed by atoms with E-state index in [1.807, 2.05) is 34.6 Å². The van der Waals surface area contributed by atoms with Crippen LogP contribution in [-0.2, 0) is 14.8 Å². The van der Waals surface area contributed by atoms with Gasteiger partial charge in [0.2, 0.25) is 15.9 Å². The van der Waals surface area contributed by atoms with Gasteiger partial charge in [0.15, 0.2) is 5.76 Å². The van der Waals surface area contributed by atoms with E-state index in [0.717, 1.165) is 34.2 Å². The first-order chi connectivity index (χ1) is 16.1. The summed E-state index contributed by atoms with van der Waals surface area (Å²) in [5.74, 6) is -0.174.